The zero-order valence-corrected chi connectivity index (χ0v) is 19.5. The molecule has 0 fully saturated rings. The summed E-state index contributed by atoms with van der Waals surface area (Å²) >= 11 is 1.71. The van der Waals surface area contributed by atoms with Crippen molar-refractivity contribution in [2.24, 2.45) is 5.73 Å². The van der Waals surface area contributed by atoms with Crippen molar-refractivity contribution in [1.82, 2.24) is 0 Å². The van der Waals surface area contributed by atoms with Crippen molar-refractivity contribution in [3.05, 3.63) is 82.8 Å². The Hall–Kier alpha value is -3.70. The summed E-state index contributed by atoms with van der Waals surface area (Å²) in [5.41, 5.74) is 7.68. The highest BCUT2D eigenvalue weighted by atomic mass is 32.2. The quantitative estimate of drug-likeness (QED) is 0.484. The van der Waals surface area contributed by atoms with Gasteiger partial charge in [-0.15, -0.1) is 11.8 Å². The van der Waals surface area contributed by atoms with Crippen LogP contribution < -0.4 is 10.6 Å². The van der Waals surface area contributed by atoms with E-state index in [-0.39, 0.29) is 22.7 Å². The van der Waals surface area contributed by atoms with Crippen LogP contribution in [0.5, 0.6) is 0 Å². The van der Waals surface area contributed by atoms with Gasteiger partial charge in [-0.3, -0.25) is 4.90 Å². The Bertz CT molecular complexity index is 1130. The maximum absolute atomic E-state index is 13.0. The normalized spacial score (nSPS) is 15.8. The summed E-state index contributed by atoms with van der Waals surface area (Å²) in [7, 11) is 2.45. The number of methoxy groups -OCH3 is 2. The first-order chi connectivity index (χ1) is 16.0. The van der Waals surface area contributed by atoms with E-state index in [1.54, 1.807) is 48.2 Å². The Kier molecular flexibility index (Phi) is 7.80. The van der Waals surface area contributed by atoms with Gasteiger partial charge < -0.3 is 15.2 Å². The molecule has 1 heterocycles. The number of anilines is 1. The lowest BCUT2D eigenvalue weighted by Crippen LogP contribution is -2.40. The van der Waals surface area contributed by atoms with Crippen LogP contribution in [-0.4, -0.2) is 31.9 Å². The van der Waals surface area contributed by atoms with Gasteiger partial charge in [0.15, 0.2) is 0 Å². The largest absolute Gasteiger partial charge is 0.466 e. The van der Waals surface area contributed by atoms with Crippen LogP contribution in [0.25, 0.3) is 0 Å². The third-order valence-electron chi connectivity index (χ3n) is 5.18. The molecule has 1 atom stereocenters. The van der Waals surface area contributed by atoms with Crippen molar-refractivity contribution < 1.29 is 19.1 Å². The molecule has 7 nitrogen and oxygen atoms in total. The summed E-state index contributed by atoms with van der Waals surface area (Å²) in [5.74, 6) is -1.37. The smallest absolute Gasteiger partial charge is 0.355 e. The highest BCUT2D eigenvalue weighted by Crippen LogP contribution is 2.43. The molecular formula is C25H25N3O4S. The lowest BCUT2D eigenvalue weighted by molar-refractivity contribution is -0.139. The van der Waals surface area contributed by atoms with E-state index in [1.807, 2.05) is 18.2 Å². The molecule has 8 heteroatoms. The van der Waals surface area contributed by atoms with E-state index in [4.69, 9.17) is 15.2 Å². The van der Waals surface area contributed by atoms with E-state index in [2.05, 4.69) is 13.0 Å². The van der Waals surface area contributed by atoms with Gasteiger partial charge in [-0.2, -0.15) is 5.26 Å². The number of nitriles is 1. The maximum Gasteiger partial charge on any atom is 0.355 e. The first-order valence-corrected chi connectivity index (χ1v) is 11.3. The van der Waals surface area contributed by atoms with E-state index in [1.165, 1.54) is 19.1 Å². The average molecular weight is 464 g/mol. The molecule has 170 valence electrons. The number of nitrogens with two attached hydrogens (primary N) is 1. The molecule has 1 aliphatic heterocycles. The number of allylic oxidation sites excluding steroid dienone is 1. The van der Waals surface area contributed by atoms with Crippen LogP contribution >= 0.6 is 11.8 Å². The molecule has 0 bridgehead atoms. The lowest BCUT2D eigenvalue weighted by Gasteiger charge is -2.35. The molecule has 0 aromatic heterocycles. The number of carbonyl (C=O) groups excluding carboxylic acids is 2. The van der Waals surface area contributed by atoms with Crippen LogP contribution in [0, 0.1) is 11.3 Å². The molecule has 2 aromatic carbocycles. The SMILES string of the molecule is CCCSc1ccc(N2C(N)=C(C#N)C(c3ccccc3)C(C(=O)OC)=C2C(=O)OC)cc1. The monoisotopic (exact) mass is 463 g/mol. The van der Waals surface area contributed by atoms with Crippen molar-refractivity contribution in [2.75, 3.05) is 24.9 Å². The number of nitrogens with zero attached hydrogens (tertiary/aromatic N) is 2. The van der Waals surface area contributed by atoms with Crippen LogP contribution in [0.2, 0.25) is 0 Å². The number of hydrogen-bond donors (Lipinski definition) is 1. The predicted octanol–water partition coefficient (Wildman–Crippen LogP) is 4.09. The third kappa shape index (κ3) is 4.73. The highest BCUT2D eigenvalue weighted by molar-refractivity contribution is 7.99. The number of benzene rings is 2. The van der Waals surface area contributed by atoms with E-state index in [9.17, 15) is 14.9 Å². The summed E-state index contributed by atoms with van der Waals surface area (Å²) in [6, 6.07) is 18.5. The first-order valence-electron chi connectivity index (χ1n) is 10.4. The van der Waals surface area contributed by atoms with E-state index in [0.717, 1.165) is 17.1 Å². The Balaban J connectivity index is 2.28. The summed E-state index contributed by atoms with van der Waals surface area (Å²) in [6.45, 7) is 2.11. The van der Waals surface area contributed by atoms with Crippen LogP contribution in [0.3, 0.4) is 0 Å². The van der Waals surface area contributed by atoms with E-state index < -0.39 is 17.9 Å². The van der Waals surface area contributed by atoms with Gasteiger partial charge >= 0.3 is 11.9 Å². The molecule has 33 heavy (non-hydrogen) atoms. The number of ether oxygens (including phenoxy) is 2. The van der Waals surface area contributed by atoms with Crippen molar-refractivity contribution in [3.8, 4) is 6.07 Å². The molecule has 0 radical (unpaired) electrons. The van der Waals surface area contributed by atoms with Gasteiger partial charge in [-0.05, 0) is 42.0 Å². The molecule has 1 aliphatic rings. The summed E-state index contributed by atoms with van der Waals surface area (Å²) in [6.07, 6.45) is 1.04. The second kappa shape index (κ2) is 10.7. The zero-order valence-electron chi connectivity index (χ0n) is 18.7. The highest BCUT2D eigenvalue weighted by Gasteiger charge is 2.42. The van der Waals surface area contributed by atoms with Gasteiger partial charge in [0, 0.05) is 10.6 Å². The number of hydrogen-bond acceptors (Lipinski definition) is 8. The minimum atomic E-state index is -0.881. The predicted molar refractivity (Wildman–Crippen MR) is 127 cm³/mol. The molecule has 2 aromatic rings. The topological polar surface area (TPSA) is 106 Å². The Morgan fingerprint density at radius 1 is 1.06 bits per heavy atom. The standard InChI is InChI=1S/C25H25N3O4S/c1-4-14-33-18-12-10-17(11-13-18)28-22(25(30)32-3)21(24(29)31-2)20(19(15-26)23(28)27)16-8-6-5-7-9-16/h5-13,20H,4,14,27H2,1-3H3. The maximum atomic E-state index is 13.0. The minimum Gasteiger partial charge on any atom is -0.466 e. The average Bonchev–Trinajstić information content (AvgIpc) is 2.86. The van der Waals surface area contributed by atoms with Crippen molar-refractivity contribution in [2.45, 2.75) is 24.2 Å². The van der Waals surface area contributed by atoms with E-state index >= 15 is 0 Å². The van der Waals surface area contributed by atoms with Crippen LogP contribution in [0.15, 0.2) is 82.2 Å². The second-order valence-electron chi connectivity index (χ2n) is 7.18. The Labute approximate surface area is 197 Å². The molecule has 0 saturated carbocycles. The van der Waals surface area contributed by atoms with Crippen LogP contribution in [-0.2, 0) is 19.1 Å². The van der Waals surface area contributed by atoms with Gasteiger partial charge in [0.2, 0.25) is 0 Å². The molecule has 0 aliphatic carbocycles. The third-order valence-corrected chi connectivity index (χ3v) is 6.40. The van der Waals surface area contributed by atoms with Gasteiger partial charge in [0.25, 0.3) is 0 Å². The second-order valence-corrected chi connectivity index (χ2v) is 8.35. The van der Waals surface area contributed by atoms with Crippen molar-refractivity contribution >= 4 is 29.4 Å². The number of rotatable bonds is 7. The lowest BCUT2D eigenvalue weighted by atomic mass is 9.81. The Morgan fingerprint density at radius 2 is 1.70 bits per heavy atom. The van der Waals surface area contributed by atoms with Crippen LogP contribution in [0.1, 0.15) is 24.8 Å². The zero-order chi connectivity index (χ0) is 24.0. The van der Waals surface area contributed by atoms with Gasteiger partial charge in [-0.1, -0.05) is 37.3 Å². The van der Waals surface area contributed by atoms with Gasteiger partial charge in [0.05, 0.1) is 37.4 Å². The fourth-order valence-corrected chi connectivity index (χ4v) is 4.46. The van der Waals surface area contributed by atoms with Gasteiger partial charge in [-0.25, -0.2) is 9.59 Å². The fourth-order valence-electron chi connectivity index (χ4n) is 3.69. The number of carbonyl (C=O) groups is 2. The molecule has 2 N–H and O–H groups in total. The summed E-state index contributed by atoms with van der Waals surface area (Å²) in [5, 5.41) is 10.0. The number of esters is 2. The minimum absolute atomic E-state index is 0.00858. The summed E-state index contributed by atoms with van der Waals surface area (Å²) < 4.78 is 10.1. The Morgan fingerprint density at radius 3 is 2.24 bits per heavy atom. The molecule has 0 saturated heterocycles. The van der Waals surface area contributed by atoms with Gasteiger partial charge in [0.1, 0.15) is 11.5 Å². The molecule has 0 amide bonds. The first kappa shape index (κ1) is 24.0. The van der Waals surface area contributed by atoms with Crippen molar-refractivity contribution in [1.29, 1.82) is 5.26 Å². The molecule has 3 rings (SSSR count). The van der Waals surface area contributed by atoms with Crippen LogP contribution in [0.4, 0.5) is 5.69 Å². The number of thioether (sulfide) groups is 1. The van der Waals surface area contributed by atoms with Crippen molar-refractivity contribution in [3.63, 3.8) is 0 Å². The molecule has 1 unspecified atom stereocenters. The van der Waals surface area contributed by atoms with E-state index in [0.29, 0.717) is 11.3 Å². The fraction of sp³-hybridized carbons (Fsp3) is 0.240. The molecular weight excluding hydrogens is 438 g/mol. The summed E-state index contributed by atoms with van der Waals surface area (Å²) in [4.78, 5) is 28.5. The molecule has 0 spiro atoms.